The number of alkyl halides is 3. The van der Waals surface area contributed by atoms with Gasteiger partial charge in [0.2, 0.25) is 0 Å². The van der Waals surface area contributed by atoms with E-state index in [1.165, 1.54) is 0 Å². The molecule has 1 aliphatic heterocycles. The number of aryl methyl sites for hydroxylation is 2. The maximum absolute atomic E-state index is 12.6. The summed E-state index contributed by atoms with van der Waals surface area (Å²) in [5.74, 6) is -1.50. The highest BCUT2D eigenvalue weighted by Gasteiger charge is 2.43. The van der Waals surface area contributed by atoms with Crippen LogP contribution in [0.3, 0.4) is 0 Å². The van der Waals surface area contributed by atoms with Gasteiger partial charge in [-0.15, -0.1) is 0 Å². The van der Waals surface area contributed by atoms with E-state index < -0.39 is 12.1 Å². The first-order valence-electron chi connectivity index (χ1n) is 9.95. The Balaban J connectivity index is 1.51. The second-order valence-electron chi connectivity index (χ2n) is 7.55. The lowest BCUT2D eigenvalue weighted by Crippen LogP contribution is -2.52. The van der Waals surface area contributed by atoms with Gasteiger partial charge in [0, 0.05) is 37.6 Å². The van der Waals surface area contributed by atoms with E-state index in [0.29, 0.717) is 24.5 Å². The van der Waals surface area contributed by atoms with Gasteiger partial charge in [-0.1, -0.05) is 6.07 Å². The van der Waals surface area contributed by atoms with E-state index in [1.54, 1.807) is 24.3 Å². The van der Waals surface area contributed by atoms with Gasteiger partial charge in [-0.2, -0.15) is 13.2 Å². The van der Waals surface area contributed by atoms with Crippen LogP contribution in [0.25, 0.3) is 0 Å². The Kier molecular flexibility index (Phi) is 7.33. The van der Waals surface area contributed by atoms with Crippen LogP contribution in [0, 0.1) is 13.8 Å². The van der Waals surface area contributed by atoms with Crippen molar-refractivity contribution >= 4 is 39.1 Å². The molecule has 0 atom stereocenters. The normalized spacial score (nSPS) is 14.3. The third-order valence-electron chi connectivity index (χ3n) is 5.05. The van der Waals surface area contributed by atoms with Crippen LogP contribution < -0.4 is 15.0 Å². The Bertz CT molecular complexity index is 965. The third-order valence-corrected chi connectivity index (χ3v) is 5.64. The topological polar surface area (TPSA) is 61.9 Å². The number of carbonyl (C=O) groups excluding carboxylic acids is 2. The molecule has 2 amide bonds. The van der Waals surface area contributed by atoms with Crippen LogP contribution in [-0.2, 0) is 9.59 Å². The van der Waals surface area contributed by atoms with Crippen molar-refractivity contribution in [3.8, 4) is 5.75 Å². The van der Waals surface area contributed by atoms with Crippen molar-refractivity contribution in [2.45, 2.75) is 20.0 Å². The van der Waals surface area contributed by atoms with E-state index in [9.17, 15) is 22.8 Å². The summed E-state index contributed by atoms with van der Waals surface area (Å²) in [6.07, 6.45) is -4.85. The van der Waals surface area contributed by atoms with Crippen LogP contribution >= 0.6 is 15.9 Å². The number of ether oxygens (including phenoxy) is 1. The number of hydrogen-bond acceptors (Lipinski definition) is 4. The maximum atomic E-state index is 12.6. The lowest BCUT2D eigenvalue weighted by Gasteiger charge is -2.36. The maximum Gasteiger partial charge on any atom is 0.471 e. The zero-order valence-corrected chi connectivity index (χ0v) is 19.2. The van der Waals surface area contributed by atoms with E-state index in [4.69, 9.17) is 4.74 Å². The average molecular weight is 514 g/mol. The van der Waals surface area contributed by atoms with Crippen molar-refractivity contribution in [1.29, 1.82) is 0 Å². The monoisotopic (exact) mass is 513 g/mol. The Morgan fingerprint density at radius 3 is 2.25 bits per heavy atom. The fourth-order valence-corrected chi connectivity index (χ4v) is 4.31. The molecule has 1 aliphatic rings. The van der Waals surface area contributed by atoms with Crippen molar-refractivity contribution in [1.82, 2.24) is 4.90 Å². The summed E-state index contributed by atoms with van der Waals surface area (Å²) >= 11 is 3.44. The average Bonchev–Trinajstić information content (AvgIpc) is 2.72. The van der Waals surface area contributed by atoms with Crippen LogP contribution in [0.2, 0.25) is 0 Å². The molecule has 0 aromatic heterocycles. The number of halogens is 4. The highest BCUT2D eigenvalue weighted by Crippen LogP contribution is 2.30. The summed E-state index contributed by atoms with van der Waals surface area (Å²) in [6, 6.07) is 10.9. The first kappa shape index (κ1) is 23.9. The Hall–Kier alpha value is -2.75. The largest absolute Gasteiger partial charge is 0.482 e. The van der Waals surface area contributed by atoms with Crippen molar-refractivity contribution in [3.63, 3.8) is 0 Å². The molecule has 1 fully saturated rings. The molecule has 172 valence electrons. The number of benzene rings is 2. The summed E-state index contributed by atoms with van der Waals surface area (Å²) in [5, 5.41) is 2.76. The van der Waals surface area contributed by atoms with E-state index in [1.807, 2.05) is 30.9 Å². The minimum atomic E-state index is -4.85. The number of nitrogens with one attached hydrogen (secondary N) is 1. The molecular formula is C22H23BrF3N3O3. The number of anilines is 2. The molecule has 0 aliphatic carbocycles. The van der Waals surface area contributed by atoms with Crippen molar-refractivity contribution in [2.75, 3.05) is 43.0 Å². The lowest BCUT2D eigenvalue weighted by molar-refractivity contribution is -0.185. The minimum absolute atomic E-state index is 0.00214. The summed E-state index contributed by atoms with van der Waals surface area (Å²) in [6.45, 7) is 4.32. The zero-order chi connectivity index (χ0) is 23.5. The number of hydrogen-bond donors (Lipinski definition) is 1. The fraction of sp³-hybridized carbons (Fsp3) is 0.364. The van der Waals surface area contributed by atoms with Crippen LogP contribution in [-0.4, -0.2) is 55.7 Å². The molecule has 0 saturated carbocycles. The van der Waals surface area contributed by atoms with Gasteiger partial charge in [0.1, 0.15) is 5.75 Å². The van der Waals surface area contributed by atoms with Gasteiger partial charge in [0.25, 0.3) is 5.91 Å². The number of carbonyl (C=O) groups is 2. The lowest BCUT2D eigenvalue weighted by atomic mass is 10.1. The summed E-state index contributed by atoms with van der Waals surface area (Å²) in [7, 11) is 0. The van der Waals surface area contributed by atoms with Gasteiger partial charge >= 0.3 is 12.1 Å². The van der Waals surface area contributed by atoms with Crippen LogP contribution in [0.5, 0.6) is 5.75 Å². The van der Waals surface area contributed by atoms with Gasteiger partial charge < -0.3 is 19.9 Å². The molecule has 3 rings (SSSR count). The van der Waals surface area contributed by atoms with Gasteiger partial charge in [0.05, 0.1) is 4.47 Å². The standard InChI is InChI=1S/C22H23BrF3N3O3/c1-14-11-15(2)20(18(23)12-14)32-13-19(30)27-16-3-5-17(6-4-16)28-7-9-29(10-8-28)21(31)22(24,25)26/h3-6,11-12H,7-10,13H2,1-2H3,(H,27,30). The van der Waals surface area contributed by atoms with E-state index in [2.05, 4.69) is 21.2 Å². The predicted molar refractivity (Wildman–Crippen MR) is 119 cm³/mol. The Morgan fingerprint density at radius 1 is 1.06 bits per heavy atom. The Labute approximate surface area is 192 Å². The summed E-state index contributed by atoms with van der Waals surface area (Å²) in [5.41, 5.74) is 3.39. The van der Waals surface area contributed by atoms with Gasteiger partial charge in [-0.3, -0.25) is 9.59 Å². The second-order valence-corrected chi connectivity index (χ2v) is 8.41. The van der Waals surface area contributed by atoms with Gasteiger partial charge in [0.15, 0.2) is 6.61 Å². The van der Waals surface area contributed by atoms with Crippen molar-refractivity contribution < 1.29 is 27.5 Å². The highest BCUT2D eigenvalue weighted by atomic mass is 79.9. The SMILES string of the molecule is Cc1cc(C)c(OCC(=O)Nc2ccc(N3CCN(C(=O)C(F)(F)F)CC3)cc2)c(Br)c1. The number of piperazine rings is 1. The number of nitrogens with zero attached hydrogens (tertiary/aromatic N) is 2. The van der Waals surface area contributed by atoms with Crippen LogP contribution in [0.1, 0.15) is 11.1 Å². The first-order valence-corrected chi connectivity index (χ1v) is 10.7. The molecule has 1 N–H and O–H groups in total. The fourth-order valence-electron chi connectivity index (χ4n) is 3.52. The molecule has 6 nitrogen and oxygen atoms in total. The second kappa shape index (κ2) is 9.81. The Morgan fingerprint density at radius 2 is 1.69 bits per heavy atom. The molecule has 0 bridgehead atoms. The van der Waals surface area contributed by atoms with E-state index >= 15 is 0 Å². The zero-order valence-electron chi connectivity index (χ0n) is 17.6. The van der Waals surface area contributed by atoms with Gasteiger partial charge in [-0.25, -0.2) is 0 Å². The van der Waals surface area contributed by atoms with E-state index in [0.717, 1.165) is 26.2 Å². The predicted octanol–water partition coefficient (Wildman–Crippen LogP) is 4.29. The van der Waals surface area contributed by atoms with Crippen LogP contribution in [0.4, 0.5) is 24.5 Å². The quantitative estimate of drug-likeness (QED) is 0.647. The molecule has 2 aromatic carbocycles. The smallest absolute Gasteiger partial charge is 0.471 e. The van der Waals surface area contributed by atoms with Gasteiger partial charge in [-0.05, 0) is 71.2 Å². The molecule has 0 unspecified atom stereocenters. The molecule has 1 heterocycles. The minimum Gasteiger partial charge on any atom is -0.482 e. The van der Waals surface area contributed by atoms with Crippen molar-refractivity contribution in [3.05, 3.63) is 52.0 Å². The first-order chi connectivity index (χ1) is 15.0. The van der Waals surface area contributed by atoms with E-state index in [-0.39, 0.29) is 25.6 Å². The molecule has 0 spiro atoms. The highest BCUT2D eigenvalue weighted by molar-refractivity contribution is 9.10. The number of rotatable bonds is 5. The summed E-state index contributed by atoms with van der Waals surface area (Å²) in [4.78, 5) is 26.3. The molecular weight excluding hydrogens is 491 g/mol. The molecule has 10 heteroatoms. The number of amides is 2. The van der Waals surface area contributed by atoms with Crippen LogP contribution in [0.15, 0.2) is 40.9 Å². The molecule has 1 saturated heterocycles. The molecule has 0 radical (unpaired) electrons. The third kappa shape index (κ3) is 5.93. The summed E-state index contributed by atoms with van der Waals surface area (Å²) < 4.78 is 44.1. The molecule has 32 heavy (non-hydrogen) atoms. The van der Waals surface area contributed by atoms with Crippen molar-refractivity contribution in [2.24, 2.45) is 0 Å². The molecule has 2 aromatic rings.